The normalized spacial score (nSPS) is 18.0. The van der Waals surface area contributed by atoms with E-state index in [2.05, 4.69) is 0 Å². The molecule has 1 heterocycles. The van der Waals surface area contributed by atoms with Crippen LogP contribution in [0.2, 0.25) is 0 Å². The minimum absolute atomic E-state index is 0.113. The molecule has 9 heteroatoms. The molecule has 0 saturated carbocycles. The zero-order valence-corrected chi connectivity index (χ0v) is 14.8. The van der Waals surface area contributed by atoms with Crippen molar-refractivity contribution in [3.05, 3.63) is 41.5 Å². The van der Waals surface area contributed by atoms with Crippen molar-refractivity contribution in [3.63, 3.8) is 0 Å². The molecule has 0 aromatic heterocycles. The van der Waals surface area contributed by atoms with Gasteiger partial charge in [0.25, 0.3) is 0 Å². The molecule has 3 rings (SSSR count). The Kier molecular flexibility index (Phi) is 4.83. The predicted molar refractivity (Wildman–Crippen MR) is 92.4 cm³/mol. The molecule has 9 nitrogen and oxygen atoms in total. The molecule has 0 spiro atoms. The van der Waals surface area contributed by atoms with Crippen molar-refractivity contribution >= 4 is 17.7 Å². The van der Waals surface area contributed by atoms with Gasteiger partial charge in [0.15, 0.2) is 17.6 Å². The Hall–Kier alpha value is -3.75. The summed E-state index contributed by atoms with van der Waals surface area (Å²) in [6.07, 6.45) is -2.63. The summed E-state index contributed by atoms with van der Waals surface area (Å²) in [5, 5.41) is 29.5. The summed E-state index contributed by atoms with van der Waals surface area (Å²) in [6.45, 7) is 2.26. The summed E-state index contributed by atoms with van der Waals surface area (Å²) in [5.41, 5.74) is 0.0152. The Bertz CT molecular complexity index is 980. The molecule has 2 aromatic rings. The Morgan fingerprint density at radius 2 is 1.71 bits per heavy atom. The zero-order valence-electron chi connectivity index (χ0n) is 14.8. The quantitative estimate of drug-likeness (QED) is 0.532. The van der Waals surface area contributed by atoms with Gasteiger partial charge >= 0.3 is 11.9 Å². The lowest BCUT2D eigenvalue weighted by Crippen LogP contribution is -2.39. The standard InChI is InChI=1S/C19H16O9/c1-8(20)26-14-5-10(3-4-12(14)23)18-19(27-9(2)21)17(25)16-13(24)6-11(22)7-15(16)28-18/h3-7,18-19,22-24H,1-2H3/t18-,19+/m1/s1. The van der Waals surface area contributed by atoms with E-state index in [1.807, 2.05) is 0 Å². The van der Waals surface area contributed by atoms with Gasteiger partial charge < -0.3 is 29.5 Å². The third-order valence-corrected chi connectivity index (χ3v) is 3.96. The molecule has 2 atom stereocenters. The van der Waals surface area contributed by atoms with Gasteiger partial charge in [-0.25, -0.2) is 0 Å². The Balaban J connectivity index is 2.11. The van der Waals surface area contributed by atoms with Crippen molar-refractivity contribution in [1.29, 1.82) is 0 Å². The first-order valence-electron chi connectivity index (χ1n) is 8.12. The molecule has 1 aliphatic heterocycles. The number of ketones is 1. The number of benzene rings is 2. The van der Waals surface area contributed by atoms with Gasteiger partial charge in [-0.2, -0.15) is 0 Å². The van der Waals surface area contributed by atoms with Crippen LogP contribution >= 0.6 is 0 Å². The second-order valence-electron chi connectivity index (χ2n) is 6.09. The number of carbonyl (C=O) groups is 3. The SMILES string of the molecule is CC(=O)Oc1cc([C@H]2Oc3cc(O)cc(O)c3C(=O)[C@@H]2OC(C)=O)ccc1O. The van der Waals surface area contributed by atoms with Crippen molar-refractivity contribution in [2.45, 2.75) is 26.1 Å². The topological polar surface area (TPSA) is 140 Å². The van der Waals surface area contributed by atoms with Crippen molar-refractivity contribution in [3.8, 4) is 28.7 Å². The summed E-state index contributed by atoms with van der Waals surface area (Å²) < 4.78 is 15.7. The maximum Gasteiger partial charge on any atom is 0.308 e. The first kappa shape index (κ1) is 19.0. The minimum atomic E-state index is -1.45. The maximum atomic E-state index is 12.9. The van der Waals surface area contributed by atoms with Crippen LogP contribution in [0.5, 0.6) is 28.7 Å². The highest BCUT2D eigenvalue weighted by Gasteiger charge is 2.42. The number of ether oxygens (including phenoxy) is 3. The smallest absolute Gasteiger partial charge is 0.308 e. The number of carbonyl (C=O) groups excluding carboxylic acids is 3. The number of aromatic hydroxyl groups is 3. The van der Waals surface area contributed by atoms with Gasteiger partial charge in [-0.15, -0.1) is 0 Å². The van der Waals surface area contributed by atoms with Crippen LogP contribution in [0, 0.1) is 0 Å². The average molecular weight is 388 g/mol. The van der Waals surface area contributed by atoms with E-state index in [1.54, 1.807) is 0 Å². The second kappa shape index (κ2) is 7.10. The molecular weight excluding hydrogens is 372 g/mol. The lowest BCUT2D eigenvalue weighted by molar-refractivity contribution is -0.148. The van der Waals surface area contributed by atoms with Crippen LogP contribution in [-0.4, -0.2) is 39.1 Å². The van der Waals surface area contributed by atoms with E-state index in [1.165, 1.54) is 18.2 Å². The molecule has 0 unspecified atom stereocenters. The van der Waals surface area contributed by atoms with Crippen molar-refractivity contribution < 1.29 is 43.9 Å². The summed E-state index contributed by atoms with van der Waals surface area (Å²) in [7, 11) is 0. The monoisotopic (exact) mass is 388 g/mol. The van der Waals surface area contributed by atoms with Gasteiger partial charge in [-0.3, -0.25) is 14.4 Å². The van der Waals surface area contributed by atoms with Crippen LogP contribution in [-0.2, 0) is 14.3 Å². The van der Waals surface area contributed by atoms with Crippen molar-refractivity contribution in [1.82, 2.24) is 0 Å². The molecule has 1 aliphatic rings. The van der Waals surface area contributed by atoms with Crippen molar-refractivity contribution in [2.75, 3.05) is 0 Å². The van der Waals surface area contributed by atoms with Gasteiger partial charge in [0.05, 0.1) is 0 Å². The Morgan fingerprint density at radius 3 is 2.36 bits per heavy atom. The summed E-state index contributed by atoms with van der Waals surface area (Å²) >= 11 is 0. The van der Waals surface area contributed by atoms with Crippen LogP contribution < -0.4 is 9.47 Å². The molecule has 28 heavy (non-hydrogen) atoms. The van der Waals surface area contributed by atoms with E-state index in [4.69, 9.17) is 14.2 Å². The first-order chi connectivity index (χ1) is 13.2. The number of esters is 2. The molecule has 0 bridgehead atoms. The van der Waals surface area contributed by atoms with E-state index >= 15 is 0 Å². The lowest BCUT2D eigenvalue weighted by atomic mass is 9.92. The van der Waals surface area contributed by atoms with Crippen LogP contribution in [0.3, 0.4) is 0 Å². The second-order valence-corrected chi connectivity index (χ2v) is 6.09. The van der Waals surface area contributed by atoms with E-state index in [9.17, 15) is 29.7 Å². The van der Waals surface area contributed by atoms with Gasteiger partial charge in [0.2, 0.25) is 11.9 Å². The number of fused-ring (bicyclic) bond motifs is 1. The fourth-order valence-corrected chi connectivity index (χ4v) is 2.89. The molecule has 0 amide bonds. The highest BCUT2D eigenvalue weighted by atomic mass is 16.6. The number of rotatable bonds is 3. The van der Waals surface area contributed by atoms with E-state index in [0.29, 0.717) is 0 Å². The fraction of sp³-hybridized carbons (Fsp3) is 0.211. The highest BCUT2D eigenvalue weighted by molar-refractivity contribution is 6.06. The molecular formula is C19H16O9. The van der Waals surface area contributed by atoms with Gasteiger partial charge in [0.1, 0.15) is 22.8 Å². The average Bonchev–Trinajstić information content (AvgIpc) is 2.58. The zero-order chi connectivity index (χ0) is 20.6. The minimum Gasteiger partial charge on any atom is -0.508 e. The molecule has 146 valence electrons. The largest absolute Gasteiger partial charge is 0.508 e. The van der Waals surface area contributed by atoms with E-state index in [-0.39, 0.29) is 34.1 Å². The summed E-state index contributed by atoms with van der Waals surface area (Å²) in [5.74, 6) is -3.63. The van der Waals surface area contributed by atoms with Crippen LogP contribution in [0.4, 0.5) is 0 Å². The predicted octanol–water partition coefficient (Wildman–Crippen LogP) is 1.98. The number of phenols is 3. The van der Waals surface area contributed by atoms with Crippen LogP contribution in [0.1, 0.15) is 35.9 Å². The summed E-state index contributed by atoms with van der Waals surface area (Å²) in [6, 6.07) is 5.98. The number of Topliss-reactive ketones (excluding diaryl/α,β-unsaturated/α-hetero) is 1. The third-order valence-electron chi connectivity index (χ3n) is 3.96. The van der Waals surface area contributed by atoms with Crippen LogP contribution in [0.15, 0.2) is 30.3 Å². The number of phenolic OH excluding ortho intramolecular Hbond substituents is 3. The van der Waals surface area contributed by atoms with Gasteiger partial charge in [0, 0.05) is 31.5 Å². The molecule has 3 N–H and O–H groups in total. The molecule has 2 aromatic carbocycles. The Morgan fingerprint density at radius 1 is 1.00 bits per heavy atom. The van der Waals surface area contributed by atoms with E-state index in [0.717, 1.165) is 26.0 Å². The third kappa shape index (κ3) is 3.54. The molecule has 0 fully saturated rings. The molecule has 0 saturated heterocycles. The fourth-order valence-electron chi connectivity index (χ4n) is 2.89. The Labute approximate surface area is 158 Å². The first-order valence-corrected chi connectivity index (χ1v) is 8.12. The maximum absolute atomic E-state index is 12.9. The van der Waals surface area contributed by atoms with E-state index < -0.39 is 35.7 Å². The lowest BCUT2D eigenvalue weighted by Gasteiger charge is -2.32. The van der Waals surface area contributed by atoms with Gasteiger partial charge in [-0.05, 0) is 12.1 Å². The molecule has 0 aliphatic carbocycles. The summed E-state index contributed by atoms with van der Waals surface area (Å²) in [4.78, 5) is 35.6. The van der Waals surface area contributed by atoms with Crippen molar-refractivity contribution in [2.24, 2.45) is 0 Å². The highest BCUT2D eigenvalue weighted by Crippen LogP contribution is 2.43. The van der Waals surface area contributed by atoms with Gasteiger partial charge in [-0.1, -0.05) is 6.07 Å². The number of hydrogen-bond donors (Lipinski definition) is 3. The number of hydrogen-bond acceptors (Lipinski definition) is 9. The van der Waals surface area contributed by atoms with Crippen LogP contribution in [0.25, 0.3) is 0 Å². The molecule has 0 radical (unpaired) electrons.